The number of amides is 14. The van der Waals surface area contributed by atoms with E-state index in [1.807, 2.05) is 45.9 Å². The molecule has 6 heterocycles. The number of rotatable bonds is 20. The molecular formula is C84H117N17O17S. The molecule has 12 atom stereocenters. The Hall–Kier alpha value is -11.1. The Labute approximate surface area is 696 Å². The van der Waals surface area contributed by atoms with E-state index in [1.54, 1.807) is 73.9 Å². The number of thioether (sulfide) groups is 1. The number of unbranched alkanes of at least 4 members (excludes halogenated alkanes) is 2. The fourth-order valence-corrected chi connectivity index (χ4v) is 17.3. The van der Waals surface area contributed by atoms with Crippen LogP contribution in [0.5, 0.6) is 5.75 Å². The topological polar surface area (TPSA) is 482 Å². The van der Waals surface area contributed by atoms with Crippen molar-refractivity contribution in [2.75, 3.05) is 64.9 Å². The number of hydrogen-bond donors (Lipinski definition) is 13. The van der Waals surface area contributed by atoms with Gasteiger partial charge < -0.3 is 98.3 Å². The van der Waals surface area contributed by atoms with Gasteiger partial charge >= 0.3 is 5.97 Å². The van der Waals surface area contributed by atoms with E-state index in [0.717, 1.165) is 0 Å². The second-order valence-corrected chi connectivity index (χ2v) is 33.0. The van der Waals surface area contributed by atoms with E-state index >= 15 is 24.0 Å². The largest absolute Gasteiger partial charge is 0.508 e. The zero-order valence-electron chi connectivity index (χ0n) is 68.9. The molecule has 2 aromatic heterocycles. The fraction of sp³-hybridized carbons (Fsp3) is 0.560. The van der Waals surface area contributed by atoms with Gasteiger partial charge in [-0.1, -0.05) is 102 Å². The first-order valence-electron chi connectivity index (χ1n) is 41.4. The fourth-order valence-electron chi connectivity index (χ4n) is 16.5. The predicted octanol–water partition coefficient (Wildman–Crippen LogP) is 1.74. The number of likely N-dealkylation sites (N-methyl/N-ethyl adjacent to an activating group) is 1. The molecule has 34 nitrogen and oxygen atoms in total. The number of nitrogens with two attached hydrogens (primary N) is 2. The standard InChI is InChI=1S/C84H117N17O17S/c1-8-10-19-57-65(23-11-9-2)97(7)82(116)62(39-49(3)4)94-76(110)61(42-53-46-98(47-73(106)107)66-24-15-13-21-56(53)66)92-74(108)59(32-33-85)91-75(109)60(41-52-44-87-58-22-14-12-20-55(52)58)93-78(112)68-26-17-34-99(68)80(114)50(5)89-71(104)45-88-77(111)67-25-16-35-100(67)84(118)64(43-70(86)103)95-79(113)69-27-18-36-101(69)83(117)63(40-51-28-30-54(102)31-29-51)90-72(105)48-119-38-37-96(6)81(57)115/h12-15,20-22,24,28-31,44,46,49-50,57,59-65,67-69,87,102H,8-11,16-19,23,25-27,32-43,45,47-48,85H2,1-7H3,(H2,86,103)(H,88,111)(H,89,104)(H,90,105)(H,91,109)(H,92,108)(H,93,112)(H,94,110)(H,95,113)(H,106,107)/t50-,57?,59-,60-,61-,62?,63-,64+,65?,67+,68-,69-/m0/s1. The van der Waals surface area contributed by atoms with Gasteiger partial charge in [0, 0.05) is 106 Å². The first kappa shape index (κ1) is 91.8. The maximum Gasteiger partial charge on any atom is 0.323 e. The van der Waals surface area contributed by atoms with Crippen molar-refractivity contribution >= 4 is 122 Å². The second-order valence-electron chi connectivity index (χ2n) is 31.9. The van der Waals surface area contributed by atoms with Crippen molar-refractivity contribution in [2.45, 2.75) is 223 Å². The molecule has 4 aliphatic heterocycles. The molecule has 0 radical (unpaired) electrons. The summed E-state index contributed by atoms with van der Waals surface area (Å²) in [7, 11) is 3.25. The van der Waals surface area contributed by atoms with E-state index in [2.05, 4.69) is 47.5 Å². The number of benzene rings is 3. The Bertz CT molecular complexity index is 4480. The van der Waals surface area contributed by atoms with Crippen LogP contribution in [-0.2, 0) is 97.7 Å². The SMILES string of the molecule is CCCCC1C(=O)N(C)CCSCC(=O)N[C@@H](Cc2ccc(O)cc2)C(=O)N2CCC[C@H]2C(=O)N[C@H](CC(N)=O)C(=O)N2CCC[C@@H]2C(=O)NCC(=O)N[C@@H](C)C(=O)N2CCC[C@H]2C(=O)N[C@@H](Cc2c[nH]c3ccccc23)C(=O)N[C@@H](CCN)C(=O)N[C@@H](Cc2cn(CC(=O)O)c3ccccc23)C(=O)NC(CC(C)C)C(=O)N(C)C1CCCC. The number of aromatic nitrogens is 2. The first-order chi connectivity index (χ1) is 56.9. The van der Waals surface area contributed by atoms with Crippen LogP contribution in [-0.4, -0.2) is 264 Å². The Kier molecular flexibility index (Phi) is 33.6. The van der Waals surface area contributed by atoms with Gasteiger partial charge in [0.1, 0.15) is 72.7 Å². The molecular weight excluding hydrogens is 1550 g/mol. The Morgan fingerprint density at radius 2 is 1.11 bits per heavy atom. The number of H-pyrrole nitrogens is 1. The molecule has 9 rings (SSSR count). The molecule has 15 N–H and O–H groups in total. The number of aromatic amines is 1. The van der Waals surface area contributed by atoms with Crippen molar-refractivity contribution < 1.29 is 82.1 Å². The quantitative estimate of drug-likeness (QED) is 0.0528. The third kappa shape index (κ3) is 24.5. The number of nitrogens with zero attached hydrogens (tertiary/aromatic N) is 6. The average molecular weight is 1670 g/mol. The van der Waals surface area contributed by atoms with E-state index in [1.165, 1.54) is 55.0 Å². The molecule has 0 saturated carbocycles. The van der Waals surface area contributed by atoms with Gasteiger partial charge in [-0.25, -0.2) is 0 Å². The summed E-state index contributed by atoms with van der Waals surface area (Å²) in [6.07, 6.45) is 6.66. The lowest BCUT2D eigenvalue weighted by molar-refractivity contribution is -0.145. The predicted molar refractivity (Wildman–Crippen MR) is 444 cm³/mol. The minimum atomic E-state index is -1.61. The van der Waals surface area contributed by atoms with Gasteiger partial charge in [-0.3, -0.25) is 71.9 Å². The number of carbonyl (C=O) groups excluding carboxylic acids is 14. The number of aromatic hydroxyl groups is 1. The molecule has 3 unspecified atom stereocenters. The molecule has 3 aromatic carbocycles. The van der Waals surface area contributed by atoms with Crippen molar-refractivity contribution in [3.63, 3.8) is 0 Å². The summed E-state index contributed by atoms with van der Waals surface area (Å²) in [6.45, 7) is 8.05. The lowest BCUT2D eigenvalue weighted by Crippen LogP contribution is -2.60. The van der Waals surface area contributed by atoms with Crippen molar-refractivity contribution in [1.29, 1.82) is 0 Å². The lowest BCUT2D eigenvalue weighted by atomic mass is 9.87. The molecule has 4 fully saturated rings. The summed E-state index contributed by atoms with van der Waals surface area (Å²) < 4.78 is 1.50. The second kappa shape index (κ2) is 43.6. The minimum Gasteiger partial charge on any atom is -0.508 e. The molecule has 0 aliphatic carbocycles. The third-order valence-electron chi connectivity index (χ3n) is 22.6. The number of carbonyl (C=O) groups is 15. The number of phenols is 1. The number of phenolic OH excluding ortho intramolecular Hbond substituents is 1. The van der Waals surface area contributed by atoms with Crippen LogP contribution in [0.1, 0.15) is 148 Å². The highest BCUT2D eigenvalue weighted by Crippen LogP contribution is 2.30. The summed E-state index contributed by atoms with van der Waals surface area (Å²) >= 11 is 1.19. The third-order valence-corrected chi connectivity index (χ3v) is 23.6. The van der Waals surface area contributed by atoms with E-state index in [0.29, 0.717) is 96.3 Å². The van der Waals surface area contributed by atoms with Gasteiger partial charge in [0.05, 0.1) is 24.6 Å². The highest BCUT2D eigenvalue weighted by Gasteiger charge is 2.45. The number of nitrogens with one attached hydrogen (secondary N) is 9. The zero-order valence-corrected chi connectivity index (χ0v) is 69.8. The minimum absolute atomic E-state index is 0.000706. The van der Waals surface area contributed by atoms with E-state index in [4.69, 9.17) is 11.5 Å². The number of aliphatic carboxylic acids is 1. The Morgan fingerprint density at radius 1 is 0.563 bits per heavy atom. The van der Waals surface area contributed by atoms with Crippen LogP contribution in [0.15, 0.2) is 85.2 Å². The molecule has 4 saturated heterocycles. The van der Waals surface area contributed by atoms with E-state index in [-0.39, 0.29) is 113 Å². The van der Waals surface area contributed by atoms with Crippen molar-refractivity contribution in [3.05, 3.63) is 102 Å². The Balaban J connectivity index is 1.05. The van der Waals surface area contributed by atoms with E-state index < -0.39 is 175 Å². The van der Waals surface area contributed by atoms with Crippen molar-refractivity contribution in [1.82, 2.24) is 76.6 Å². The summed E-state index contributed by atoms with van der Waals surface area (Å²) in [6, 6.07) is 5.98. The number of carboxylic acids is 1. The van der Waals surface area contributed by atoms with Crippen LogP contribution in [0.25, 0.3) is 21.8 Å². The lowest BCUT2D eigenvalue weighted by Gasteiger charge is -2.38. The van der Waals surface area contributed by atoms with Crippen molar-refractivity contribution in [2.24, 2.45) is 23.3 Å². The summed E-state index contributed by atoms with van der Waals surface area (Å²) in [5.74, 6) is -12.3. The number of carboxylic acid groups (broad SMARTS) is 1. The monoisotopic (exact) mass is 1670 g/mol. The highest BCUT2D eigenvalue weighted by atomic mass is 32.2. The molecule has 0 spiro atoms. The van der Waals surface area contributed by atoms with Gasteiger partial charge in [-0.05, 0) is 125 Å². The maximum absolute atomic E-state index is 15.6. The normalized spacial score (nSPS) is 25.1. The van der Waals surface area contributed by atoms with Gasteiger partial charge in [-0.15, -0.1) is 0 Å². The smallest absolute Gasteiger partial charge is 0.323 e. The van der Waals surface area contributed by atoms with Crippen LogP contribution in [0, 0.1) is 11.8 Å². The van der Waals surface area contributed by atoms with Gasteiger partial charge in [0.15, 0.2) is 0 Å². The van der Waals surface area contributed by atoms with Gasteiger partial charge in [0.25, 0.3) is 0 Å². The highest BCUT2D eigenvalue weighted by molar-refractivity contribution is 7.99. The van der Waals surface area contributed by atoms with E-state index in [9.17, 15) is 58.2 Å². The first-order valence-corrected chi connectivity index (χ1v) is 42.5. The van der Waals surface area contributed by atoms with Crippen LogP contribution < -0.4 is 54.0 Å². The number of fused-ring (bicyclic) bond motifs is 5. The molecule has 35 heteroatoms. The summed E-state index contributed by atoms with van der Waals surface area (Å²) in [4.78, 5) is 227. The maximum atomic E-state index is 15.6. The van der Waals surface area contributed by atoms with Crippen LogP contribution in [0.4, 0.5) is 0 Å². The van der Waals surface area contributed by atoms with Crippen LogP contribution >= 0.6 is 11.8 Å². The van der Waals surface area contributed by atoms with Gasteiger partial charge in [0.2, 0.25) is 82.7 Å². The number of primary amides is 1. The summed E-state index contributed by atoms with van der Waals surface area (Å²) in [5, 5.41) is 43.6. The molecule has 4 aliphatic rings. The molecule has 5 aromatic rings. The van der Waals surface area contributed by atoms with Gasteiger partial charge in [-0.2, -0.15) is 11.8 Å². The van der Waals surface area contributed by atoms with Crippen LogP contribution in [0.2, 0.25) is 0 Å². The molecule has 119 heavy (non-hydrogen) atoms. The van der Waals surface area contributed by atoms with Crippen LogP contribution in [0.3, 0.4) is 0 Å². The Morgan fingerprint density at radius 3 is 1.72 bits per heavy atom. The molecule has 0 bridgehead atoms. The zero-order chi connectivity index (χ0) is 86.3. The average Bonchev–Trinajstić information content (AvgIpc) is 1.68. The number of para-hydroxylation sites is 2. The molecule has 646 valence electrons. The summed E-state index contributed by atoms with van der Waals surface area (Å²) in [5.41, 5.74) is 14.7. The molecule has 14 amide bonds. The number of hydrogen-bond acceptors (Lipinski definition) is 18. The van der Waals surface area contributed by atoms with Crippen molar-refractivity contribution in [3.8, 4) is 5.75 Å².